The van der Waals surface area contributed by atoms with E-state index in [1.807, 2.05) is 37.4 Å². The van der Waals surface area contributed by atoms with Gasteiger partial charge in [-0.25, -0.2) is 0 Å². The van der Waals surface area contributed by atoms with Crippen molar-refractivity contribution in [1.29, 1.82) is 0 Å². The first kappa shape index (κ1) is 15.1. The highest BCUT2D eigenvalue weighted by Gasteiger charge is 2.09. The lowest BCUT2D eigenvalue weighted by Gasteiger charge is -2.11. The summed E-state index contributed by atoms with van der Waals surface area (Å²) in [5.41, 5.74) is 0.607. The molecule has 0 unspecified atom stereocenters. The topological polar surface area (TPSA) is 38.3 Å². The number of amides is 1. The number of thiophene rings is 1. The molecule has 1 N–H and O–H groups in total. The predicted molar refractivity (Wildman–Crippen MR) is 85.4 cm³/mol. The summed E-state index contributed by atoms with van der Waals surface area (Å²) in [6.45, 7) is 4.44. The first-order valence-corrected chi connectivity index (χ1v) is 8.00. The molecule has 0 aliphatic carbocycles. The van der Waals surface area contributed by atoms with E-state index in [-0.39, 0.29) is 12.0 Å². The number of halogens is 1. The lowest BCUT2D eigenvalue weighted by Crippen LogP contribution is -2.22. The molecule has 0 aliphatic heterocycles. The zero-order chi connectivity index (χ0) is 14.5. The zero-order valence-corrected chi connectivity index (χ0v) is 13.8. The molecule has 2 rings (SSSR count). The van der Waals surface area contributed by atoms with Crippen LogP contribution in [0.15, 0.2) is 40.2 Å². The number of ether oxygens (including phenoxy) is 1. The summed E-state index contributed by atoms with van der Waals surface area (Å²) in [6, 6.07) is 9.20. The highest BCUT2D eigenvalue weighted by Crippen LogP contribution is 2.22. The molecule has 0 spiro atoms. The molecule has 0 saturated heterocycles. The third-order valence-corrected chi connectivity index (χ3v) is 4.49. The molecule has 1 aromatic carbocycles. The van der Waals surface area contributed by atoms with Gasteiger partial charge in [0.25, 0.3) is 5.91 Å². The van der Waals surface area contributed by atoms with Gasteiger partial charge in [0.1, 0.15) is 5.75 Å². The summed E-state index contributed by atoms with van der Waals surface area (Å²) in [6.07, 6.45) is 0.0929. The SMILES string of the molecule is CC(C)Oc1cccc(C(=O)NCc2sccc2Br)c1. The summed E-state index contributed by atoms with van der Waals surface area (Å²) >= 11 is 5.06. The monoisotopic (exact) mass is 353 g/mol. The highest BCUT2D eigenvalue weighted by atomic mass is 79.9. The molecule has 1 heterocycles. The van der Waals surface area contributed by atoms with Crippen molar-refractivity contribution in [3.8, 4) is 5.75 Å². The van der Waals surface area contributed by atoms with Gasteiger partial charge in [-0.1, -0.05) is 6.07 Å². The molecule has 5 heteroatoms. The zero-order valence-electron chi connectivity index (χ0n) is 11.4. The Kier molecular flexibility index (Phi) is 5.20. The van der Waals surface area contributed by atoms with Crippen LogP contribution in [0, 0.1) is 0 Å². The smallest absolute Gasteiger partial charge is 0.251 e. The minimum absolute atomic E-state index is 0.0929. The lowest BCUT2D eigenvalue weighted by atomic mass is 10.2. The minimum Gasteiger partial charge on any atom is -0.491 e. The molecular weight excluding hydrogens is 338 g/mol. The maximum Gasteiger partial charge on any atom is 0.251 e. The van der Waals surface area contributed by atoms with Gasteiger partial charge in [-0.2, -0.15) is 0 Å². The number of nitrogens with one attached hydrogen (secondary N) is 1. The van der Waals surface area contributed by atoms with E-state index >= 15 is 0 Å². The van der Waals surface area contributed by atoms with Crippen molar-refractivity contribution in [1.82, 2.24) is 5.32 Å². The third-order valence-electron chi connectivity index (χ3n) is 2.57. The van der Waals surface area contributed by atoms with Gasteiger partial charge < -0.3 is 10.1 Å². The van der Waals surface area contributed by atoms with Crippen LogP contribution in [0.4, 0.5) is 0 Å². The Balaban J connectivity index is 2.00. The largest absolute Gasteiger partial charge is 0.491 e. The summed E-state index contributed by atoms with van der Waals surface area (Å²) in [7, 11) is 0. The Labute approximate surface area is 131 Å². The van der Waals surface area contributed by atoms with Crippen LogP contribution in [0.25, 0.3) is 0 Å². The first-order chi connectivity index (χ1) is 9.56. The molecule has 0 aliphatic rings. The summed E-state index contributed by atoms with van der Waals surface area (Å²) in [5, 5.41) is 4.90. The number of hydrogen-bond acceptors (Lipinski definition) is 3. The first-order valence-electron chi connectivity index (χ1n) is 6.33. The Bertz CT molecular complexity index is 595. The van der Waals surface area contributed by atoms with Gasteiger partial charge in [-0.3, -0.25) is 4.79 Å². The number of carbonyl (C=O) groups excluding carboxylic acids is 1. The average molecular weight is 354 g/mol. The lowest BCUT2D eigenvalue weighted by molar-refractivity contribution is 0.0950. The van der Waals surface area contributed by atoms with Crippen molar-refractivity contribution in [3.05, 3.63) is 50.6 Å². The van der Waals surface area contributed by atoms with Crippen molar-refractivity contribution in [2.75, 3.05) is 0 Å². The quantitative estimate of drug-likeness (QED) is 0.873. The Morgan fingerprint density at radius 3 is 2.85 bits per heavy atom. The molecule has 0 atom stereocenters. The van der Waals surface area contributed by atoms with Crippen LogP contribution >= 0.6 is 27.3 Å². The van der Waals surface area contributed by atoms with Crippen molar-refractivity contribution < 1.29 is 9.53 Å². The van der Waals surface area contributed by atoms with E-state index in [0.717, 1.165) is 9.35 Å². The minimum atomic E-state index is -0.0977. The van der Waals surface area contributed by atoms with Gasteiger partial charge in [0.15, 0.2) is 0 Å². The second-order valence-corrected chi connectivity index (χ2v) is 6.42. The number of benzene rings is 1. The van der Waals surface area contributed by atoms with Crippen LogP contribution in [-0.2, 0) is 6.54 Å². The molecule has 0 bridgehead atoms. The van der Waals surface area contributed by atoms with Crippen molar-refractivity contribution in [2.24, 2.45) is 0 Å². The summed E-state index contributed by atoms with van der Waals surface area (Å²) in [5.74, 6) is 0.615. The number of rotatable bonds is 5. The molecule has 1 amide bonds. The third kappa shape index (κ3) is 4.08. The van der Waals surface area contributed by atoms with Gasteiger partial charge in [0.2, 0.25) is 0 Å². The Hall–Kier alpha value is -1.33. The van der Waals surface area contributed by atoms with E-state index in [0.29, 0.717) is 17.9 Å². The molecule has 2 aromatic rings. The van der Waals surface area contributed by atoms with Gasteiger partial charge in [0.05, 0.1) is 12.6 Å². The van der Waals surface area contributed by atoms with Crippen LogP contribution in [0.2, 0.25) is 0 Å². The number of carbonyl (C=O) groups is 1. The standard InChI is InChI=1S/C15H16BrNO2S/c1-10(2)19-12-5-3-4-11(8-12)15(18)17-9-14-13(16)6-7-20-14/h3-8,10H,9H2,1-2H3,(H,17,18). The molecule has 20 heavy (non-hydrogen) atoms. The molecule has 1 aromatic heterocycles. The number of hydrogen-bond donors (Lipinski definition) is 1. The molecule has 0 fully saturated rings. The maximum atomic E-state index is 12.1. The highest BCUT2D eigenvalue weighted by molar-refractivity contribution is 9.10. The van der Waals surface area contributed by atoms with Gasteiger partial charge in [0, 0.05) is 14.9 Å². The average Bonchev–Trinajstić information content (AvgIpc) is 2.81. The Morgan fingerprint density at radius 2 is 2.20 bits per heavy atom. The fraction of sp³-hybridized carbons (Fsp3) is 0.267. The summed E-state index contributed by atoms with van der Waals surface area (Å²) < 4.78 is 6.62. The molecule has 0 radical (unpaired) electrons. The van der Waals surface area contributed by atoms with Crippen LogP contribution in [-0.4, -0.2) is 12.0 Å². The Morgan fingerprint density at radius 1 is 1.40 bits per heavy atom. The fourth-order valence-electron chi connectivity index (χ4n) is 1.70. The van der Waals surface area contributed by atoms with E-state index in [1.165, 1.54) is 0 Å². The van der Waals surface area contributed by atoms with E-state index in [1.54, 1.807) is 23.5 Å². The van der Waals surface area contributed by atoms with Gasteiger partial charge in [-0.05, 0) is 59.4 Å². The van der Waals surface area contributed by atoms with Crippen LogP contribution in [0.3, 0.4) is 0 Å². The normalized spacial score (nSPS) is 10.6. The molecular formula is C15H16BrNO2S. The van der Waals surface area contributed by atoms with Crippen molar-refractivity contribution >= 4 is 33.2 Å². The van der Waals surface area contributed by atoms with Gasteiger partial charge >= 0.3 is 0 Å². The van der Waals surface area contributed by atoms with Crippen LogP contribution < -0.4 is 10.1 Å². The van der Waals surface area contributed by atoms with Crippen molar-refractivity contribution in [2.45, 2.75) is 26.5 Å². The van der Waals surface area contributed by atoms with Crippen LogP contribution in [0.1, 0.15) is 29.1 Å². The fourth-order valence-corrected chi connectivity index (χ4v) is 3.13. The van der Waals surface area contributed by atoms with E-state index < -0.39 is 0 Å². The molecule has 0 saturated carbocycles. The summed E-state index contributed by atoms with van der Waals surface area (Å²) in [4.78, 5) is 13.2. The molecule has 3 nitrogen and oxygen atoms in total. The van der Waals surface area contributed by atoms with Gasteiger partial charge in [-0.15, -0.1) is 11.3 Å². The second kappa shape index (κ2) is 6.90. The van der Waals surface area contributed by atoms with E-state index in [4.69, 9.17) is 4.74 Å². The van der Waals surface area contributed by atoms with Crippen LogP contribution in [0.5, 0.6) is 5.75 Å². The van der Waals surface area contributed by atoms with E-state index in [9.17, 15) is 4.79 Å². The predicted octanol–water partition coefficient (Wildman–Crippen LogP) is 4.23. The second-order valence-electron chi connectivity index (χ2n) is 4.57. The van der Waals surface area contributed by atoms with Crippen molar-refractivity contribution in [3.63, 3.8) is 0 Å². The molecule has 106 valence electrons. The maximum absolute atomic E-state index is 12.1. The van der Waals surface area contributed by atoms with E-state index in [2.05, 4.69) is 21.2 Å².